The molecule has 120 valence electrons. The molecule has 2 heterocycles. The van der Waals surface area contributed by atoms with Gasteiger partial charge in [0, 0.05) is 29.5 Å². The van der Waals surface area contributed by atoms with Crippen LogP contribution in [-0.2, 0) is 7.05 Å². The second kappa shape index (κ2) is 5.08. The fraction of sp³-hybridized carbons (Fsp3) is 0.0455. The van der Waals surface area contributed by atoms with Crippen LogP contribution in [-0.4, -0.2) is 9.55 Å². The molecule has 0 saturated heterocycles. The lowest BCUT2D eigenvalue weighted by molar-refractivity contribution is 1.00. The van der Waals surface area contributed by atoms with Gasteiger partial charge in [-0.15, -0.1) is 0 Å². The molecular formula is C22H16N2O. The first-order valence-corrected chi connectivity index (χ1v) is 8.31. The molecule has 0 saturated carbocycles. The molecule has 3 heteroatoms. The summed E-state index contributed by atoms with van der Waals surface area (Å²) in [6, 6.07) is 22.3. The van der Waals surface area contributed by atoms with Gasteiger partial charge in [-0.25, -0.2) is 0 Å². The Morgan fingerprint density at radius 1 is 0.800 bits per heavy atom. The zero-order valence-electron chi connectivity index (χ0n) is 13.8. The summed E-state index contributed by atoms with van der Waals surface area (Å²) in [6.07, 6.45) is 1.95. The molecule has 3 nitrogen and oxygen atoms in total. The fourth-order valence-corrected chi connectivity index (χ4v) is 3.65. The smallest absolute Gasteiger partial charge is 0.197 e. The standard InChI is InChI=1S/C22H16N2O/c1-24-20-5-3-2-4-17(20)22(25)18-8-6-15(13-21(18)24)14-7-9-19-16(12-14)10-11-23-19/h2-13,23H,1H3. The number of aromatic nitrogens is 2. The van der Waals surface area contributed by atoms with Crippen molar-refractivity contribution < 1.29 is 0 Å². The third-order valence-electron chi connectivity index (χ3n) is 5.00. The van der Waals surface area contributed by atoms with Crippen molar-refractivity contribution in [2.75, 3.05) is 0 Å². The highest BCUT2D eigenvalue weighted by molar-refractivity contribution is 5.96. The van der Waals surface area contributed by atoms with Gasteiger partial charge >= 0.3 is 0 Å². The van der Waals surface area contributed by atoms with Crippen molar-refractivity contribution in [3.05, 3.63) is 83.2 Å². The number of aromatic amines is 1. The number of pyridine rings is 1. The van der Waals surface area contributed by atoms with Gasteiger partial charge in [0.2, 0.25) is 0 Å². The van der Waals surface area contributed by atoms with Crippen LogP contribution in [0, 0.1) is 0 Å². The molecule has 0 spiro atoms. The van der Waals surface area contributed by atoms with Gasteiger partial charge < -0.3 is 9.55 Å². The summed E-state index contributed by atoms with van der Waals surface area (Å²) < 4.78 is 2.10. The Labute approximate surface area is 144 Å². The van der Waals surface area contributed by atoms with E-state index in [1.54, 1.807) is 0 Å². The van der Waals surface area contributed by atoms with E-state index in [1.807, 2.05) is 49.6 Å². The molecule has 1 N–H and O–H groups in total. The van der Waals surface area contributed by atoms with Gasteiger partial charge in [0.25, 0.3) is 0 Å². The Bertz CT molecular complexity index is 1320. The van der Waals surface area contributed by atoms with E-state index >= 15 is 0 Å². The highest BCUT2D eigenvalue weighted by atomic mass is 16.1. The van der Waals surface area contributed by atoms with Gasteiger partial charge in [-0.1, -0.05) is 24.3 Å². The third kappa shape index (κ3) is 2.02. The van der Waals surface area contributed by atoms with Crippen LogP contribution >= 0.6 is 0 Å². The van der Waals surface area contributed by atoms with Gasteiger partial charge in [-0.05, 0) is 59.0 Å². The zero-order valence-corrected chi connectivity index (χ0v) is 13.8. The summed E-state index contributed by atoms with van der Waals surface area (Å²) in [5.74, 6) is 0. The molecule has 0 radical (unpaired) electrons. The Balaban J connectivity index is 1.82. The number of nitrogens with one attached hydrogen (secondary N) is 1. The van der Waals surface area contributed by atoms with Crippen molar-refractivity contribution in [2.24, 2.45) is 7.05 Å². The Kier molecular flexibility index (Phi) is 2.86. The molecule has 0 unspecified atom stereocenters. The zero-order chi connectivity index (χ0) is 17.0. The van der Waals surface area contributed by atoms with Crippen LogP contribution in [0.4, 0.5) is 0 Å². The van der Waals surface area contributed by atoms with Crippen LogP contribution in [0.5, 0.6) is 0 Å². The van der Waals surface area contributed by atoms with Crippen LogP contribution in [0.15, 0.2) is 77.7 Å². The molecule has 3 aromatic carbocycles. The molecule has 25 heavy (non-hydrogen) atoms. The van der Waals surface area contributed by atoms with E-state index in [0.717, 1.165) is 38.4 Å². The quantitative estimate of drug-likeness (QED) is 0.440. The average molecular weight is 324 g/mol. The van der Waals surface area contributed by atoms with E-state index in [2.05, 4.69) is 39.9 Å². The molecule has 5 aromatic rings. The highest BCUT2D eigenvalue weighted by Crippen LogP contribution is 2.27. The Morgan fingerprint density at radius 3 is 2.48 bits per heavy atom. The molecule has 5 rings (SSSR count). The summed E-state index contributed by atoms with van der Waals surface area (Å²) in [5.41, 5.74) is 5.39. The topological polar surface area (TPSA) is 37.8 Å². The van der Waals surface area contributed by atoms with E-state index in [-0.39, 0.29) is 5.43 Å². The van der Waals surface area contributed by atoms with Gasteiger partial charge in [-0.3, -0.25) is 4.79 Å². The first-order valence-electron chi connectivity index (χ1n) is 8.31. The fourth-order valence-electron chi connectivity index (χ4n) is 3.65. The number of rotatable bonds is 1. The second-order valence-corrected chi connectivity index (χ2v) is 6.42. The molecule has 0 aliphatic heterocycles. The van der Waals surface area contributed by atoms with Crippen molar-refractivity contribution in [1.29, 1.82) is 0 Å². The third-order valence-corrected chi connectivity index (χ3v) is 5.00. The summed E-state index contributed by atoms with van der Waals surface area (Å²) in [7, 11) is 2.02. The monoisotopic (exact) mass is 324 g/mol. The second-order valence-electron chi connectivity index (χ2n) is 6.42. The van der Waals surface area contributed by atoms with Crippen molar-refractivity contribution in [3.63, 3.8) is 0 Å². The van der Waals surface area contributed by atoms with Crippen molar-refractivity contribution in [2.45, 2.75) is 0 Å². The lowest BCUT2D eigenvalue weighted by Gasteiger charge is -2.12. The number of nitrogens with zero attached hydrogens (tertiary/aromatic N) is 1. The normalized spacial score (nSPS) is 11.6. The van der Waals surface area contributed by atoms with Crippen LogP contribution < -0.4 is 5.43 Å². The first kappa shape index (κ1) is 14.1. The maximum Gasteiger partial charge on any atom is 0.197 e. The Hall–Kier alpha value is -3.33. The molecule has 0 amide bonds. The van der Waals surface area contributed by atoms with Crippen LogP contribution in [0.2, 0.25) is 0 Å². The number of benzene rings is 3. The van der Waals surface area contributed by atoms with Crippen molar-refractivity contribution in [1.82, 2.24) is 9.55 Å². The molecule has 2 aromatic heterocycles. The summed E-state index contributed by atoms with van der Waals surface area (Å²) in [5, 5.41) is 2.71. The maximum atomic E-state index is 12.8. The van der Waals surface area contributed by atoms with E-state index in [0.29, 0.717) is 0 Å². The van der Waals surface area contributed by atoms with Crippen LogP contribution in [0.25, 0.3) is 43.8 Å². The molecular weight excluding hydrogens is 308 g/mol. The van der Waals surface area contributed by atoms with E-state index in [1.165, 1.54) is 5.39 Å². The summed E-state index contributed by atoms with van der Waals surface area (Å²) in [4.78, 5) is 16.0. The van der Waals surface area contributed by atoms with E-state index in [9.17, 15) is 4.79 Å². The summed E-state index contributed by atoms with van der Waals surface area (Å²) in [6.45, 7) is 0. The number of hydrogen-bond donors (Lipinski definition) is 1. The SMILES string of the molecule is Cn1c2ccccc2c(=O)c2ccc(-c3ccc4[nH]ccc4c3)cc21. The highest BCUT2D eigenvalue weighted by Gasteiger charge is 2.10. The number of aryl methyl sites for hydroxylation is 1. The number of fused-ring (bicyclic) bond motifs is 3. The predicted molar refractivity (Wildman–Crippen MR) is 104 cm³/mol. The van der Waals surface area contributed by atoms with Crippen molar-refractivity contribution >= 4 is 32.7 Å². The van der Waals surface area contributed by atoms with Crippen LogP contribution in [0.1, 0.15) is 0 Å². The minimum atomic E-state index is 0.0938. The van der Waals surface area contributed by atoms with Gasteiger partial charge in [0.05, 0.1) is 11.0 Å². The van der Waals surface area contributed by atoms with E-state index in [4.69, 9.17) is 0 Å². The molecule has 0 bridgehead atoms. The van der Waals surface area contributed by atoms with E-state index < -0.39 is 0 Å². The molecule has 0 atom stereocenters. The minimum Gasteiger partial charge on any atom is -0.361 e. The maximum absolute atomic E-state index is 12.8. The van der Waals surface area contributed by atoms with Gasteiger partial charge in [-0.2, -0.15) is 0 Å². The summed E-state index contributed by atoms with van der Waals surface area (Å²) >= 11 is 0. The largest absolute Gasteiger partial charge is 0.361 e. The number of para-hydroxylation sites is 1. The minimum absolute atomic E-state index is 0.0938. The predicted octanol–water partition coefficient (Wildman–Crippen LogP) is 4.84. The van der Waals surface area contributed by atoms with Gasteiger partial charge in [0.1, 0.15) is 0 Å². The molecule has 0 aliphatic rings. The number of H-pyrrole nitrogens is 1. The lowest BCUT2D eigenvalue weighted by atomic mass is 10.0. The van der Waals surface area contributed by atoms with Crippen molar-refractivity contribution in [3.8, 4) is 11.1 Å². The molecule has 0 aliphatic carbocycles. The van der Waals surface area contributed by atoms with Gasteiger partial charge in [0.15, 0.2) is 5.43 Å². The first-order chi connectivity index (χ1) is 12.2. The molecule has 0 fully saturated rings. The van der Waals surface area contributed by atoms with Crippen LogP contribution in [0.3, 0.4) is 0 Å². The lowest BCUT2D eigenvalue weighted by Crippen LogP contribution is -2.08. The Morgan fingerprint density at radius 2 is 1.56 bits per heavy atom. The average Bonchev–Trinajstić information content (AvgIpc) is 3.13. The number of hydrogen-bond acceptors (Lipinski definition) is 1.